The van der Waals surface area contributed by atoms with Crippen molar-refractivity contribution in [3.05, 3.63) is 0 Å². The summed E-state index contributed by atoms with van der Waals surface area (Å²) in [5.74, 6) is 0. The first-order chi connectivity index (χ1) is 7.05. The molecule has 2 aliphatic heterocycles. The SMILES string of the molecule is CC(C)N1CCC2(CC1)CO[C@H](C)[C@H]2N. The Hall–Kier alpha value is -0.120. The van der Waals surface area contributed by atoms with Crippen LogP contribution in [0.4, 0.5) is 0 Å². The van der Waals surface area contributed by atoms with Crippen molar-refractivity contribution in [1.82, 2.24) is 4.90 Å². The number of nitrogens with two attached hydrogens (primary N) is 1. The maximum Gasteiger partial charge on any atom is 0.0704 e. The van der Waals surface area contributed by atoms with Gasteiger partial charge in [0.2, 0.25) is 0 Å². The Morgan fingerprint density at radius 1 is 1.33 bits per heavy atom. The summed E-state index contributed by atoms with van der Waals surface area (Å²) >= 11 is 0. The van der Waals surface area contributed by atoms with Gasteiger partial charge in [-0.25, -0.2) is 0 Å². The number of hydrogen-bond donors (Lipinski definition) is 1. The standard InChI is InChI=1S/C12H24N2O/c1-9(2)14-6-4-12(5-7-14)8-15-10(3)11(12)13/h9-11H,4-8,13H2,1-3H3/t10-,11-/m1/s1. The second-order valence-corrected chi connectivity index (χ2v) is 5.53. The van der Waals surface area contributed by atoms with Crippen LogP contribution in [0.25, 0.3) is 0 Å². The summed E-state index contributed by atoms with van der Waals surface area (Å²) < 4.78 is 5.71. The number of hydrogen-bond acceptors (Lipinski definition) is 3. The number of nitrogens with zero attached hydrogens (tertiary/aromatic N) is 1. The fraction of sp³-hybridized carbons (Fsp3) is 1.00. The van der Waals surface area contributed by atoms with Gasteiger partial charge < -0.3 is 15.4 Å². The Kier molecular flexibility index (Phi) is 3.06. The van der Waals surface area contributed by atoms with E-state index < -0.39 is 0 Å². The molecule has 3 heteroatoms. The van der Waals surface area contributed by atoms with Crippen molar-refractivity contribution in [3.8, 4) is 0 Å². The van der Waals surface area contributed by atoms with Gasteiger partial charge in [-0.3, -0.25) is 0 Å². The number of piperidine rings is 1. The number of rotatable bonds is 1. The fourth-order valence-corrected chi connectivity index (χ4v) is 2.96. The molecule has 0 aliphatic carbocycles. The molecule has 0 unspecified atom stereocenters. The zero-order valence-electron chi connectivity index (χ0n) is 10.2. The minimum absolute atomic E-state index is 0.242. The molecule has 2 heterocycles. The van der Waals surface area contributed by atoms with Crippen LogP contribution in [0.3, 0.4) is 0 Å². The van der Waals surface area contributed by atoms with Gasteiger partial charge in [0.15, 0.2) is 0 Å². The Morgan fingerprint density at radius 3 is 2.33 bits per heavy atom. The Balaban J connectivity index is 1.98. The third-order valence-corrected chi connectivity index (χ3v) is 4.37. The van der Waals surface area contributed by atoms with Crippen molar-refractivity contribution < 1.29 is 4.74 Å². The first kappa shape index (κ1) is 11.4. The monoisotopic (exact) mass is 212 g/mol. The molecule has 0 bridgehead atoms. The van der Waals surface area contributed by atoms with Crippen LogP contribution in [-0.2, 0) is 4.74 Å². The van der Waals surface area contributed by atoms with E-state index in [0.29, 0.717) is 6.04 Å². The minimum Gasteiger partial charge on any atom is -0.376 e. The molecule has 2 fully saturated rings. The van der Waals surface area contributed by atoms with Crippen LogP contribution in [0.5, 0.6) is 0 Å². The maximum absolute atomic E-state index is 6.27. The van der Waals surface area contributed by atoms with E-state index in [9.17, 15) is 0 Å². The van der Waals surface area contributed by atoms with E-state index >= 15 is 0 Å². The maximum atomic E-state index is 6.27. The first-order valence-corrected chi connectivity index (χ1v) is 6.16. The second kappa shape index (κ2) is 4.04. The number of ether oxygens (including phenoxy) is 1. The zero-order valence-corrected chi connectivity index (χ0v) is 10.2. The van der Waals surface area contributed by atoms with Crippen molar-refractivity contribution in [2.24, 2.45) is 11.1 Å². The summed E-state index contributed by atoms with van der Waals surface area (Å²) in [6.07, 6.45) is 2.66. The van der Waals surface area contributed by atoms with Gasteiger partial charge in [0.05, 0.1) is 12.7 Å². The largest absolute Gasteiger partial charge is 0.376 e. The van der Waals surface area contributed by atoms with Crippen LogP contribution in [-0.4, -0.2) is 42.8 Å². The quantitative estimate of drug-likeness (QED) is 0.710. The Labute approximate surface area is 93.0 Å². The molecule has 88 valence electrons. The van der Waals surface area contributed by atoms with Crippen molar-refractivity contribution in [3.63, 3.8) is 0 Å². The first-order valence-electron chi connectivity index (χ1n) is 6.16. The molecule has 0 aromatic rings. The fourth-order valence-electron chi connectivity index (χ4n) is 2.96. The smallest absolute Gasteiger partial charge is 0.0704 e. The van der Waals surface area contributed by atoms with E-state index in [0.717, 1.165) is 6.61 Å². The van der Waals surface area contributed by atoms with Gasteiger partial charge in [-0.15, -0.1) is 0 Å². The third-order valence-electron chi connectivity index (χ3n) is 4.37. The van der Waals surface area contributed by atoms with E-state index in [1.165, 1.54) is 25.9 Å². The molecular formula is C12H24N2O. The summed E-state index contributed by atoms with van der Waals surface area (Å²) in [6, 6.07) is 0.908. The molecule has 1 spiro atoms. The van der Waals surface area contributed by atoms with Crippen molar-refractivity contribution in [2.75, 3.05) is 19.7 Å². The summed E-state index contributed by atoms with van der Waals surface area (Å²) in [5, 5.41) is 0. The Morgan fingerprint density at radius 2 is 1.93 bits per heavy atom. The average Bonchev–Trinajstić information content (AvgIpc) is 2.48. The van der Waals surface area contributed by atoms with E-state index in [1.807, 2.05) is 0 Å². The van der Waals surface area contributed by atoms with E-state index in [-0.39, 0.29) is 17.6 Å². The molecule has 2 N–H and O–H groups in total. The normalized spacial score (nSPS) is 36.6. The molecule has 0 aromatic heterocycles. The van der Waals surface area contributed by atoms with Crippen LogP contribution < -0.4 is 5.73 Å². The summed E-state index contributed by atoms with van der Waals surface area (Å²) in [7, 11) is 0. The molecule has 0 saturated carbocycles. The number of likely N-dealkylation sites (tertiary alicyclic amines) is 1. The topological polar surface area (TPSA) is 38.5 Å². The van der Waals surface area contributed by atoms with Gasteiger partial charge >= 0.3 is 0 Å². The van der Waals surface area contributed by atoms with Crippen LogP contribution in [0, 0.1) is 5.41 Å². The van der Waals surface area contributed by atoms with Gasteiger partial charge in [0.1, 0.15) is 0 Å². The highest BCUT2D eigenvalue weighted by molar-refractivity contribution is 5.00. The predicted molar refractivity (Wildman–Crippen MR) is 61.8 cm³/mol. The van der Waals surface area contributed by atoms with Crippen LogP contribution in [0.1, 0.15) is 33.6 Å². The molecule has 2 atom stereocenters. The lowest BCUT2D eigenvalue weighted by Crippen LogP contribution is -2.51. The molecule has 2 saturated heterocycles. The molecule has 2 aliphatic rings. The van der Waals surface area contributed by atoms with Crippen molar-refractivity contribution in [1.29, 1.82) is 0 Å². The molecule has 3 nitrogen and oxygen atoms in total. The molecule has 15 heavy (non-hydrogen) atoms. The highest BCUT2D eigenvalue weighted by Gasteiger charge is 2.47. The molecule has 0 amide bonds. The lowest BCUT2D eigenvalue weighted by atomic mass is 9.73. The molecule has 0 radical (unpaired) electrons. The lowest BCUT2D eigenvalue weighted by molar-refractivity contribution is 0.0566. The Bertz CT molecular complexity index is 222. The summed E-state index contributed by atoms with van der Waals surface area (Å²) in [5.41, 5.74) is 6.55. The van der Waals surface area contributed by atoms with Gasteiger partial charge in [-0.1, -0.05) is 0 Å². The van der Waals surface area contributed by atoms with Gasteiger partial charge in [-0.05, 0) is 46.7 Å². The van der Waals surface area contributed by atoms with E-state index in [1.54, 1.807) is 0 Å². The van der Waals surface area contributed by atoms with Crippen LogP contribution >= 0.6 is 0 Å². The van der Waals surface area contributed by atoms with E-state index in [2.05, 4.69) is 25.7 Å². The van der Waals surface area contributed by atoms with Crippen LogP contribution in [0.15, 0.2) is 0 Å². The highest BCUT2D eigenvalue weighted by Crippen LogP contribution is 2.41. The van der Waals surface area contributed by atoms with Crippen molar-refractivity contribution in [2.45, 2.75) is 51.8 Å². The van der Waals surface area contributed by atoms with Gasteiger partial charge in [0.25, 0.3) is 0 Å². The van der Waals surface area contributed by atoms with E-state index in [4.69, 9.17) is 10.5 Å². The average molecular weight is 212 g/mol. The molecule has 0 aromatic carbocycles. The highest BCUT2D eigenvalue weighted by atomic mass is 16.5. The minimum atomic E-state index is 0.242. The third kappa shape index (κ3) is 1.93. The molecular weight excluding hydrogens is 188 g/mol. The predicted octanol–water partition coefficient (Wildman–Crippen LogP) is 1.22. The summed E-state index contributed by atoms with van der Waals surface area (Å²) in [4.78, 5) is 2.54. The van der Waals surface area contributed by atoms with Crippen molar-refractivity contribution >= 4 is 0 Å². The summed E-state index contributed by atoms with van der Waals surface area (Å²) in [6.45, 7) is 9.88. The lowest BCUT2D eigenvalue weighted by Gasteiger charge is -2.42. The van der Waals surface area contributed by atoms with Gasteiger partial charge in [-0.2, -0.15) is 0 Å². The van der Waals surface area contributed by atoms with Gasteiger partial charge in [0, 0.05) is 17.5 Å². The molecule has 2 rings (SSSR count). The zero-order chi connectivity index (χ0) is 11.1. The second-order valence-electron chi connectivity index (χ2n) is 5.53. The van der Waals surface area contributed by atoms with Crippen LogP contribution in [0.2, 0.25) is 0 Å².